The number of aryl methyl sites for hydroxylation is 1. The highest BCUT2D eigenvalue weighted by Crippen LogP contribution is 2.39. The molecule has 0 atom stereocenters. The molecule has 0 spiro atoms. The van der Waals surface area contributed by atoms with Crippen molar-refractivity contribution >= 4 is 11.4 Å². The molecule has 0 aliphatic carbocycles. The van der Waals surface area contributed by atoms with Crippen LogP contribution in [0.25, 0.3) is 0 Å². The second-order valence-electron chi connectivity index (χ2n) is 5.59. The minimum Gasteiger partial charge on any atom is -0.343 e. The second kappa shape index (κ2) is 4.29. The Morgan fingerprint density at radius 1 is 1.24 bits per heavy atom. The van der Waals surface area contributed by atoms with Gasteiger partial charge in [0.25, 0.3) is 0 Å². The summed E-state index contributed by atoms with van der Waals surface area (Å²) in [6.45, 7) is 14.1. The molecule has 1 heteroatoms. The Kier molecular flexibility index (Phi) is 3.11. The summed E-state index contributed by atoms with van der Waals surface area (Å²) in [6, 6.07) is 6.82. The molecule has 1 heterocycles. The summed E-state index contributed by atoms with van der Waals surface area (Å²) in [5.74, 6) is 0. The van der Waals surface area contributed by atoms with Gasteiger partial charge in [-0.15, -0.1) is 0 Å². The monoisotopic (exact) mass is 229 g/mol. The van der Waals surface area contributed by atoms with Crippen LogP contribution in [-0.4, -0.2) is 16.8 Å². The Morgan fingerprint density at radius 3 is 2.59 bits per heavy atom. The molecule has 92 valence electrons. The standard InChI is InChI=1S/C16H23N/c1-6-7-10-17-13(3)16(4,5)14-11-12(2)8-9-15(14)17/h8-9,11H,1,6-7,10H2,2-5H3. The molecule has 1 aliphatic rings. The molecule has 0 bridgehead atoms. The highest BCUT2D eigenvalue weighted by molar-refractivity contribution is 5.93. The summed E-state index contributed by atoms with van der Waals surface area (Å²) in [5, 5.41) is 0. The van der Waals surface area contributed by atoms with Gasteiger partial charge in [-0.25, -0.2) is 0 Å². The molecule has 0 amide bonds. The lowest BCUT2D eigenvalue weighted by atomic mass is 9.82. The van der Waals surface area contributed by atoms with Gasteiger partial charge in [0.05, 0.1) is 5.41 Å². The molecule has 0 saturated carbocycles. The van der Waals surface area contributed by atoms with Gasteiger partial charge in [0, 0.05) is 18.6 Å². The summed E-state index contributed by atoms with van der Waals surface area (Å²) >= 11 is 0. The van der Waals surface area contributed by atoms with E-state index in [1.54, 1.807) is 0 Å². The first-order chi connectivity index (χ1) is 7.98. The highest BCUT2D eigenvalue weighted by atomic mass is 15.1. The van der Waals surface area contributed by atoms with Crippen molar-refractivity contribution < 1.29 is 4.58 Å². The Morgan fingerprint density at radius 2 is 1.94 bits per heavy atom. The lowest BCUT2D eigenvalue weighted by Crippen LogP contribution is -2.26. The van der Waals surface area contributed by atoms with Gasteiger partial charge in [-0.1, -0.05) is 11.6 Å². The molecule has 17 heavy (non-hydrogen) atoms. The van der Waals surface area contributed by atoms with Crippen LogP contribution in [0.3, 0.4) is 0 Å². The SMILES string of the molecule is [CH2-]CCC[N+]1=C(C)C(C)(C)c2cc(C)ccc21. The van der Waals surface area contributed by atoms with Crippen LogP contribution in [0.2, 0.25) is 0 Å². The van der Waals surface area contributed by atoms with E-state index >= 15 is 0 Å². The fourth-order valence-corrected chi connectivity index (χ4v) is 2.66. The number of unbranched alkanes of at least 4 members (excludes halogenated alkanes) is 1. The van der Waals surface area contributed by atoms with Crippen molar-refractivity contribution in [3.8, 4) is 0 Å². The van der Waals surface area contributed by atoms with E-state index in [1.807, 2.05) is 0 Å². The third-order valence-corrected chi connectivity index (χ3v) is 4.06. The Hall–Kier alpha value is -1.11. The molecule has 0 saturated heterocycles. The zero-order chi connectivity index (χ0) is 12.6. The van der Waals surface area contributed by atoms with Gasteiger partial charge in [0.2, 0.25) is 5.69 Å². The number of hydrogen-bond donors (Lipinski definition) is 0. The predicted molar refractivity (Wildman–Crippen MR) is 74.3 cm³/mol. The van der Waals surface area contributed by atoms with E-state index < -0.39 is 0 Å². The van der Waals surface area contributed by atoms with Crippen molar-refractivity contribution in [1.29, 1.82) is 0 Å². The number of hydrogen-bond acceptors (Lipinski definition) is 0. The van der Waals surface area contributed by atoms with E-state index in [2.05, 4.69) is 57.4 Å². The topological polar surface area (TPSA) is 3.01 Å². The van der Waals surface area contributed by atoms with E-state index in [9.17, 15) is 0 Å². The first kappa shape index (κ1) is 12.3. The zero-order valence-electron chi connectivity index (χ0n) is 11.5. The van der Waals surface area contributed by atoms with Crippen LogP contribution in [0.5, 0.6) is 0 Å². The molecule has 1 aliphatic heterocycles. The van der Waals surface area contributed by atoms with E-state index in [-0.39, 0.29) is 5.41 Å². The third-order valence-electron chi connectivity index (χ3n) is 4.06. The Labute approximate surface area is 105 Å². The van der Waals surface area contributed by atoms with Crippen LogP contribution in [0.1, 0.15) is 44.7 Å². The molecule has 1 aromatic rings. The van der Waals surface area contributed by atoms with E-state index in [4.69, 9.17) is 0 Å². The number of nitrogens with zero attached hydrogens (tertiary/aromatic N) is 1. The minimum absolute atomic E-state index is 0.169. The van der Waals surface area contributed by atoms with Crippen LogP contribution < -0.4 is 0 Å². The average molecular weight is 229 g/mol. The molecular weight excluding hydrogens is 206 g/mol. The first-order valence-electron chi connectivity index (χ1n) is 6.50. The summed E-state index contributed by atoms with van der Waals surface area (Å²) in [5.41, 5.74) is 5.85. The van der Waals surface area contributed by atoms with Crippen molar-refractivity contribution in [1.82, 2.24) is 0 Å². The smallest absolute Gasteiger partial charge is 0.209 e. The van der Waals surface area contributed by atoms with Gasteiger partial charge < -0.3 is 6.92 Å². The number of fused-ring (bicyclic) bond motifs is 1. The third kappa shape index (κ3) is 1.92. The first-order valence-corrected chi connectivity index (χ1v) is 6.50. The largest absolute Gasteiger partial charge is 0.343 e. The lowest BCUT2D eigenvalue weighted by molar-refractivity contribution is -0.439. The molecule has 1 nitrogen and oxygen atoms in total. The van der Waals surface area contributed by atoms with Crippen LogP contribution in [-0.2, 0) is 5.41 Å². The fraction of sp³-hybridized carbons (Fsp3) is 0.500. The zero-order valence-corrected chi connectivity index (χ0v) is 11.5. The van der Waals surface area contributed by atoms with Gasteiger partial charge in [0.15, 0.2) is 5.71 Å². The summed E-state index contributed by atoms with van der Waals surface area (Å²) in [6.07, 6.45) is 2.16. The van der Waals surface area contributed by atoms with Crippen molar-refractivity contribution in [3.63, 3.8) is 0 Å². The molecule has 2 rings (SSSR count). The lowest BCUT2D eigenvalue weighted by Gasteiger charge is -2.15. The van der Waals surface area contributed by atoms with Crippen LogP contribution in [0, 0.1) is 13.8 Å². The Balaban J connectivity index is 2.50. The molecule has 0 N–H and O–H groups in total. The average Bonchev–Trinajstić information content (AvgIpc) is 2.47. The van der Waals surface area contributed by atoms with Crippen LogP contribution in [0.15, 0.2) is 18.2 Å². The van der Waals surface area contributed by atoms with E-state index in [0.29, 0.717) is 0 Å². The number of rotatable bonds is 3. The summed E-state index contributed by atoms with van der Waals surface area (Å²) < 4.78 is 2.47. The van der Waals surface area contributed by atoms with Crippen molar-refractivity contribution in [2.75, 3.05) is 6.54 Å². The summed E-state index contributed by atoms with van der Waals surface area (Å²) in [7, 11) is 0. The molecule has 0 radical (unpaired) electrons. The van der Waals surface area contributed by atoms with Gasteiger partial charge >= 0.3 is 0 Å². The molecule has 1 aromatic carbocycles. The second-order valence-corrected chi connectivity index (χ2v) is 5.59. The van der Waals surface area contributed by atoms with E-state index in [1.165, 1.54) is 22.5 Å². The maximum atomic E-state index is 3.94. The van der Waals surface area contributed by atoms with E-state index in [0.717, 1.165) is 19.4 Å². The molecular formula is C16H23N. The van der Waals surface area contributed by atoms with Crippen molar-refractivity contribution in [2.24, 2.45) is 0 Å². The normalized spacial score (nSPS) is 17.5. The fourth-order valence-electron chi connectivity index (χ4n) is 2.66. The highest BCUT2D eigenvalue weighted by Gasteiger charge is 2.42. The maximum absolute atomic E-state index is 3.94. The van der Waals surface area contributed by atoms with Crippen molar-refractivity contribution in [3.05, 3.63) is 36.2 Å². The van der Waals surface area contributed by atoms with Crippen LogP contribution >= 0.6 is 0 Å². The number of benzene rings is 1. The molecule has 0 aromatic heterocycles. The Bertz CT molecular complexity index is 466. The predicted octanol–water partition coefficient (Wildman–Crippen LogP) is 4.01. The summed E-state index contributed by atoms with van der Waals surface area (Å²) in [4.78, 5) is 0. The molecule has 0 unspecified atom stereocenters. The van der Waals surface area contributed by atoms with Gasteiger partial charge in [-0.05, 0) is 33.3 Å². The van der Waals surface area contributed by atoms with Crippen molar-refractivity contribution in [2.45, 2.75) is 46.0 Å². The minimum atomic E-state index is 0.169. The van der Waals surface area contributed by atoms with Crippen LogP contribution in [0.4, 0.5) is 5.69 Å². The quantitative estimate of drug-likeness (QED) is 0.544. The van der Waals surface area contributed by atoms with Gasteiger partial charge in [-0.2, -0.15) is 11.0 Å². The molecule has 0 fully saturated rings. The van der Waals surface area contributed by atoms with Gasteiger partial charge in [0.1, 0.15) is 6.54 Å². The van der Waals surface area contributed by atoms with Gasteiger partial charge in [-0.3, -0.25) is 0 Å². The maximum Gasteiger partial charge on any atom is 0.209 e.